The Morgan fingerprint density at radius 2 is 1.55 bits per heavy atom. The summed E-state index contributed by atoms with van der Waals surface area (Å²) in [7, 11) is 0. The molecule has 0 saturated carbocycles. The lowest BCUT2D eigenvalue weighted by Crippen LogP contribution is -2.02. The zero-order valence-corrected chi connectivity index (χ0v) is 15.6. The minimum absolute atomic E-state index is 0.0127. The largest absolute Gasteiger partial charge is 0.508 e. The SMILES string of the molecule is O=c1cc(-c2cc(O)c(O)cc2Cc2ccccc2Cl)oc2cc(O)cc(O)c12. The first-order valence-electron chi connectivity index (χ1n) is 8.62. The summed E-state index contributed by atoms with van der Waals surface area (Å²) in [5.74, 6) is -1.27. The highest BCUT2D eigenvalue weighted by molar-refractivity contribution is 6.31. The minimum atomic E-state index is -0.519. The van der Waals surface area contributed by atoms with Crippen LogP contribution in [-0.2, 0) is 6.42 Å². The second-order valence-corrected chi connectivity index (χ2v) is 6.99. The van der Waals surface area contributed by atoms with Crippen LogP contribution in [0.1, 0.15) is 11.1 Å². The molecule has 0 aliphatic heterocycles. The minimum Gasteiger partial charge on any atom is -0.508 e. The average molecular weight is 411 g/mol. The lowest BCUT2D eigenvalue weighted by Gasteiger charge is -2.13. The summed E-state index contributed by atoms with van der Waals surface area (Å²) in [4.78, 5) is 12.5. The van der Waals surface area contributed by atoms with Crippen LogP contribution in [0.25, 0.3) is 22.3 Å². The number of fused-ring (bicyclic) bond motifs is 1. The van der Waals surface area contributed by atoms with Gasteiger partial charge in [-0.3, -0.25) is 4.79 Å². The molecule has 4 aromatic rings. The van der Waals surface area contributed by atoms with Crippen molar-refractivity contribution in [2.45, 2.75) is 6.42 Å². The van der Waals surface area contributed by atoms with Gasteiger partial charge in [0.1, 0.15) is 28.2 Å². The molecule has 0 saturated heterocycles. The first-order chi connectivity index (χ1) is 13.8. The van der Waals surface area contributed by atoms with Crippen molar-refractivity contribution in [2.24, 2.45) is 0 Å². The molecule has 0 radical (unpaired) electrons. The Bertz CT molecular complexity index is 1310. The summed E-state index contributed by atoms with van der Waals surface area (Å²) in [6, 6.07) is 13.3. The van der Waals surface area contributed by atoms with Crippen molar-refractivity contribution in [1.82, 2.24) is 0 Å². The number of halogens is 1. The Labute approximate surface area is 169 Å². The second-order valence-electron chi connectivity index (χ2n) is 6.58. The van der Waals surface area contributed by atoms with Crippen molar-refractivity contribution in [3.05, 3.63) is 81.0 Å². The van der Waals surface area contributed by atoms with E-state index < -0.39 is 11.2 Å². The van der Waals surface area contributed by atoms with Crippen LogP contribution in [0.3, 0.4) is 0 Å². The molecule has 146 valence electrons. The lowest BCUT2D eigenvalue weighted by atomic mass is 9.97. The van der Waals surface area contributed by atoms with Crippen molar-refractivity contribution < 1.29 is 24.8 Å². The smallest absolute Gasteiger partial charge is 0.197 e. The van der Waals surface area contributed by atoms with Gasteiger partial charge in [-0.1, -0.05) is 29.8 Å². The van der Waals surface area contributed by atoms with E-state index in [2.05, 4.69) is 0 Å². The van der Waals surface area contributed by atoms with Crippen LogP contribution in [0.2, 0.25) is 5.02 Å². The highest BCUT2D eigenvalue weighted by Gasteiger charge is 2.17. The van der Waals surface area contributed by atoms with Gasteiger partial charge in [0.05, 0.1) is 0 Å². The molecule has 0 unspecified atom stereocenters. The number of benzene rings is 3. The van der Waals surface area contributed by atoms with Gasteiger partial charge in [-0.2, -0.15) is 0 Å². The van der Waals surface area contributed by atoms with Crippen LogP contribution in [0.4, 0.5) is 0 Å². The quantitative estimate of drug-likeness (QED) is 0.369. The van der Waals surface area contributed by atoms with E-state index in [9.17, 15) is 25.2 Å². The summed E-state index contributed by atoms with van der Waals surface area (Å²) in [6.45, 7) is 0. The molecule has 4 N–H and O–H groups in total. The van der Waals surface area contributed by atoms with E-state index in [-0.39, 0.29) is 34.0 Å². The lowest BCUT2D eigenvalue weighted by molar-refractivity contribution is 0.403. The topological polar surface area (TPSA) is 111 Å². The third-order valence-electron chi connectivity index (χ3n) is 4.60. The fraction of sp³-hybridized carbons (Fsp3) is 0.0455. The van der Waals surface area contributed by atoms with E-state index in [1.807, 2.05) is 12.1 Å². The molecule has 4 rings (SSSR count). The van der Waals surface area contributed by atoms with Crippen LogP contribution in [-0.4, -0.2) is 20.4 Å². The van der Waals surface area contributed by atoms with E-state index in [0.29, 0.717) is 22.6 Å². The van der Waals surface area contributed by atoms with E-state index in [0.717, 1.165) is 11.6 Å². The van der Waals surface area contributed by atoms with Gasteiger partial charge in [0, 0.05) is 28.8 Å². The highest BCUT2D eigenvalue weighted by atomic mass is 35.5. The number of hydrogen-bond donors (Lipinski definition) is 4. The van der Waals surface area contributed by atoms with Crippen molar-refractivity contribution >= 4 is 22.6 Å². The molecule has 0 aliphatic carbocycles. The standard InChI is InChI=1S/C22H15ClO6/c23-15-4-2-1-3-11(15)5-12-6-16(25)17(26)9-14(12)20-10-19(28)22-18(27)7-13(24)8-21(22)29-20/h1-4,6-10,24-27H,5H2. The second kappa shape index (κ2) is 7.07. The molecular formula is C22H15ClO6. The maximum atomic E-state index is 12.5. The number of hydrogen-bond acceptors (Lipinski definition) is 6. The molecule has 0 spiro atoms. The Morgan fingerprint density at radius 1 is 0.828 bits per heavy atom. The van der Waals surface area contributed by atoms with E-state index in [1.54, 1.807) is 12.1 Å². The van der Waals surface area contributed by atoms with Gasteiger partial charge in [0.25, 0.3) is 0 Å². The van der Waals surface area contributed by atoms with Gasteiger partial charge in [0.15, 0.2) is 16.9 Å². The van der Waals surface area contributed by atoms with Gasteiger partial charge >= 0.3 is 0 Å². The normalized spacial score (nSPS) is 11.1. The zero-order chi connectivity index (χ0) is 20.7. The summed E-state index contributed by atoms with van der Waals surface area (Å²) in [5, 5.41) is 40.1. The van der Waals surface area contributed by atoms with Gasteiger partial charge in [-0.15, -0.1) is 0 Å². The fourth-order valence-corrected chi connectivity index (χ4v) is 3.43. The molecule has 0 bridgehead atoms. The van der Waals surface area contributed by atoms with Gasteiger partial charge in [-0.05, 0) is 35.7 Å². The summed E-state index contributed by atoms with van der Waals surface area (Å²) < 4.78 is 5.75. The number of phenolic OH excluding ortho intramolecular Hbond substituents is 4. The third kappa shape index (κ3) is 3.46. The van der Waals surface area contributed by atoms with E-state index in [4.69, 9.17) is 16.0 Å². The highest BCUT2D eigenvalue weighted by Crippen LogP contribution is 2.37. The van der Waals surface area contributed by atoms with E-state index >= 15 is 0 Å². The monoisotopic (exact) mass is 410 g/mol. The molecule has 0 atom stereocenters. The van der Waals surface area contributed by atoms with E-state index in [1.165, 1.54) is 24.3 Å². The molecule has 6 nitrogen and oxygen atoms in total. The number of phenols is 4. The average Bonchev–Trinajstić information content (AvgIpc) is 2.65. The van der Waals surface area contributed by atoms with Crippen LogP contribution in [0.15, 0.2) is 63.8 Å². The molecule has 0 aliphatic rings. The summed E-state index contributed by atoms with van der Waals surface area (Å²) in [6.07, 6.45) is 0.301. The molecular weight excluding hydrogens is 396 g/mol. The summed E-state index contributed by atoms with van der Waals surface area (Å²) >= 11 is 6.24. The van der Waals surface area contributed by atoms with Gasteiger partial charge in [0.2, 0.25) is 0 Å². The van der Waals surface area contributed by atoms with Crippen LogP contribution < -0.4 is 5.43 Å². The van der Waals surface area contributed by atoms with Gasteiger partial charge in [-0.25, -0.2) is 0 Å². The fourth-order valence-electron chi connectivity index (χ4n) is 3.23. The first kappa shape index (κ1) is 18.7. The Morgan fingerprint density at radius 3 is 2.31 bits per heavy atom. The molecule has 7 heteroatoms. The van der Waals surface area contributed by atoms with Crippen LogP contribution >= 0.6 is 11.6 Å². The predicted molar refractivity (Wildman–Crippen MR) is 109 cm³/mol. The van der Waals surface area contributed by atoms with Crippen molar-refractivity contribution in [1.29, 1.82) is 0 Å². The maximum Gasteiger partial charge on any atom is 0.197 e. The van der Waals surface area contributed by atoms with Crippen molar-refractivity contribution in [3.8, 4) is 34.3 Å². The molecule has 0 amide bonds. The molecule has 0 fully saturated rings. The zero-order valence-electron chi connectivity index (χ0n) is 14.9. The van der Waals surface area contributed by atoms with Gasteiger partial charge < -0.3 is 24.8 Å². The third-order valence-corrected chi connectivity index (χ3v) is 4.97. The molecule has 1 heterocycles. The maximum absolute atomic E-state index is 12.5. The number of aromatic hydroxyl groups is 4. The Balaban J connectivity index is 1.94. The van der Waals surface area contributed by atoms with Crippen molar-refractivity contribution in [2.75, 3.05) is 0 Å². The summed E-state index contributed by atoms with van der Waals surface area (Å²) in [5.41, 5.74) is 1.16. The molecule has 29 heavy (non-hydrogen) atoms. The van der Waals surface area contributed by atoms with Crippen LogP contribution in [0.5, 0.6) is 23.0 Å². The Hall–Kier alpha value is -3.64. The molecule has 1 aromatic heterocycles. The Kier molecular flexibility index (Phi) is 4.56. The first-order valence-corrected chi connectivity index (χ1v) is 8.99. The van der Waals surface area contributed by atoms with Crippen LogP contribution in [0, 0.1) is 0 Å². The molecule has 3 aromatic carbocycles. The predicted octanol–water partition coefficient (Wildman–Crippen LogP) is 4.53. The van der Waals surface area contributed by atoms with Crippen molar-refractivity contribution in [3.63, 3.8) is 0 Å². The number of rotatable bonds is 3.